The Labute approximate surface area is 260 Å². The molecule has 1 aliphatic heterocycles. The van der Waals surface area contributed by atoms with E-state index >= 15 is 0 Å². The van der Waals surface area contributed by atoms with E-state index in [0.717, 1.165) is 11.1 Å². The van der Waals surface area contributed by atoms with E-state index in [2.05, 4.69) is 29.2 Å². The highest BCUT2D eigenvalue weighted by molar-refractivity contribution is 5.95. The monoisotopic (exact) mass is 611 g/mol. The van der Waals surface area contributed by atoms with Gasteiger partial charge in [0.05, 0.1) is 33.4 Å². The minimum atomic E-state index is -0.357. The van der Waals surface area contributed by atoms with Gasteiger partial charge in [-0.3, -0.25) is 9.69 Å². The summed E-state index contributed by atoms with van der Waals surface area (Å²) in [5, 5.41) is 0. The molecular formula is C33H42ClN3O6. The Kier molecular flexibility index (Phi) is 12.5. The van der Waals surface area contributed by atoms with Gasteiger partial charge in [-0.1, -0.05) is 60.7 Å². The standard InChI is InChI=1S/C33H41N3O6.ClH/c1-6-34(7-2)33(38)42-23-27-22-35(32(37)26-20-28(39-3)31(41-5)29(21-26)40-4)18-19-36(27)30(24-14-10-8-11-15-24)25-16-12-9-13-17-25;/h8-17,20-21,27,30H,6-7,18-19,22-23H2,1-5H3;1H. The van der Waals surface area contributed by atoms with Gasteiger partial charge >= 0.3 is 6.09 Å². The van der Waals surface area contributed by atoms with E-state index in [1.54, 1.807) is 21.9 Å². The number of ether oxygens (including phenoxy) is 4. The Morgan fingerprint density at radius 3 is 1.84 bits per heavy atom. The molecule has 9 nitrogen and oxygen atoms in total. The summed E-state index contributed by atoms with van der Waals surface area (Å²) in [6, 6.07) is 23.6. The van der Waals surface area contributed by atoms with E-state index in [4.69, 9.17) is 18.9 Å². The SMILES string of the molecule is CCN(CC)C(=O)OCC1CN(C(=O)c2cc(OC)c(OC)c(OC)c2)CCN1C(c1ccccc1)c1ccccc1.Cl. The minimum Gasteiger partial charge on any atom is -0.493 e. The molecule has 10 heteroatoms. The molecule has 1 heterocycles. The van der Waals surface area contributed by atoms with Crippen molar-refractivity contribution < 1.29 is 28.5 Å². The number of halogens is 1. The molecule has 1 saturated heterocycles. The van der Waals surface area contributed by atoms with Gasteiger partial charge in [0, 0.05) is 38.3 Å². The summed E-state index contributed by atoms with van der Waals surface area (Å²) in [7, 11) is 4.58. The highest BCUT2D eigenvalue weighted by Gasteiger charge is 2.37. The van der Waals surface area contributed by atoms with E-state index in [0.29, 0.717) is 55.5 Å². The third-order valence-electron chi connectivity index (χ3n) is 7.71. The molecule has 4 rings (SSSR count). The Morgan fingerprint density at radius 2 is 1.37 bits per heavy atom. The number of hydrogen-bond donors (Lipinski definition) is 0. The lowest BCUT2D eigenvalue weighted by molar-refractivity contribution is 0.00863. The van der Waals surface area contributed by atoms with Gasteiger partial charge in [0.1, 0.15) is 6.61 Å². The average Bonchev–Trinajstić information content (AvgIpc) is 3.04. The van der Waals surface area contributed by atoms with Crippen LogP contribution >= 0.6 is 12.4 Å². The van der Waals surface area contributed by atoms with Gasteiger partial charge in [-0.15, -0.1) is 12.4 Å². The summed E-state index contributed by atoms with van der Waals surface area (Å²) < 4.78 is 22.3. The zero-order chi connectivity index (χ0) is 30.1. The predicted octanol–water partition coefficient (Wildman–Crippen LogP) is 5.53. The van der Waals surface area contributed by atoms with Crippen molar-refractivity contribution in [3.05, 3.63) is 89.5 Å². The fraction of sp³-hybridized carbons (Fsp3) is 0.394. The van der Waals surface area contributed by atoms with Crippen molar-refractivity contribution in [3.8, 4) is 17.2 Å². The number of rotatable bonds is 11. The van der Waals surface area contributed by atoms with E-state index in [-0.39, 0.29) is 43.1 Å². The van der Waals surface area contributed by atoms with Gasteiger partial charge < -0.3 is 28.7 Å². The van der Waals surface area contributed by atoms with Crippen LogP contribution in [0.1, 0.15) is 41.4 Å². The average molecular weight is 612 g/mol. The predicted molar refractivity (Wildman–Crippen MR) is 169 cm³/mol. The van der Waals surface area contributed by atoms with Gasteiger partial charge in [0.25, 0.3) is 5.91 Å². The number of carbonyl (C=O) groups is 2. The van der Waals surface area contributed by atoms with Gasteiger partial charge in [-0.05, 0) is 37.1 Å². The first kappa shape index (κ1) is 33.6. The van der Waals surface area contributed by atoms with Crippen LogP contribution in [0.5, 0.6) is 17.2 Å². The summed E-state index contributed by atoms with van der Waals surface area (Å²) >= 11 is 0. The van der Waals surface area contributed by atoms with Crippen LogP contribution in [-0.4, -0.2) is 93.4 Å². The molecule has 1 atom stereocenters. The maximum atomic E-state index is 13.9. The third kappa shape index (κ3) is 7.72. The molecule has 0 bridgehead atoms. The highest BCUT2D eigenvalue weighted by Crippen LogP contribution is 2.39. The molecule has 0 radical (unpaired) electrons. The number of benzene rings is 3. The fourth-order valence-electron chi connectivity index (χ4n) is 5.52. The first-order valence-electron chi connectivity index (χ1n) is 14.3. The molecule has 43 heavy (non-hydrogen) atoms. The normalized spacial score (nSPS) is 14.9. The summed E-state index contributed by atoms with van der Waals surface area (Å²) in [6.45, 7) is 6.57. The second-order valence-electron chi connectivity index (χ2n) is 10.0. The molecule has 0 N–H and O–H groups in total. The third-order valence-corrected chi connectivity index (χ3v) is 7.71. The number of hydrogen-bond acceptors (Lipinski definition) is 7. The van der Waals surface area contributed by atoms with Crippen LogP contribution in [0.4, 0.5) is 4.79 Å². The second-order valence-corrected chi connectivity index (χ2v) is 10.0. The van der Waals surface area contributed by atoms with E-state index < -0.39 is 0 Å². The Bertz CT molecular complexity index is 1260. The fourth-order valence-corrected chi connectivity index (χ4v) is 5.52. The van der Waals surface area contributed by atoms with Gasteiger partial charge in [0.15, 0.2) is 11.5 Å². The summed E-state index contributed by atoms with van der Waals surface area (Å²) in [5.41, 5.74) is 2.70. The molecule has 1 unspecified atom stereocenters. The summed E-state index contributed by atoms with van der Waals surface area (Å²) in [5.74, 6) is 1.09. The zero-order valence-corrected chi connectivity index (χ0v) is 26.3. The summed E-state index contributed by atoms with van der Waals surface area (Å²) in [6.07, 6.45) is -0.357. The first-order valence-corrected chi connectivity index (χ1v) is 14.3. The molecule has 0 aromatic heterocycles. The molecule has 0 spiro atoms. The smallest absolute Gasteiger partial charge is 0.409 e. The molecule has 1 fully saturated rings. The largest absolute Gasteiger partial charge is 0.493 e. The lowest BCUT2D eigenvalue weighted by Crippen LogP contribution is -2.57. The van der Waals surface area contributed by atoms with E-state index in [1.165, 1.54) is 21.3 Å². The maximum Gasteiger partial charge on any atom is 0.409 e. The molecule has 0 aliphatic carbocycles. The van der Waals surface area contributed by atoms with Crippen LogP contribution in [0.3, 0.4) is 0 Å². The molecule has 3 aromatic rings. The van der Waals surface area contributed by atoms with Crippen LogP contribution in [-0.2, 0) is 4.74 Å². The molecule has 0 saturated carbocycles. The summed E-state index contributed by atoms with van der Waals surface area (Å²) in [4.78, 5) is 32.5. The number of amides is 2. The first-order chi connectivity index (χ1) is 20.4. The molecule has 232 valence electrons. The quantitative estimate of drug-likeness (QED) is 0.282. The number of piperazine rings is 1. The Balaban J connectivity index is 0.00000506. The van der Waals surface area contributed by atoms with Crippen molar-refractivity contribution in [1.29, 1.82) is 0 Å². The van der Waals surface area contributed by atoms with Crippen molar-refractivity contribution in [1.82, 2.24) is 14.7 Å². The lowest BCUT2D eigenvalue weighted by atomic mass is 9.94. The second kappa shape index (κ2) is 16.0. The van der Waals surface area contributed by atoms with Crippen LogP contribution in [0.25, 0.3) is 0 Å². The Morgan fingerprint density at radius 1 is 0.837 bits per heavy atom. The van der Waals surface area contributed by atoms with Crippen molar-refractivity contribution in [2.75, 3.05) is 60.7 Å². The lowest BCUT2D eigenvalue weighted by Gasteiger charge is -2.45. The van der Waals surface area contributed by atoms with Crippen molar-refractivity contribution >= 4 is 24.4 Å². The van der Waals surface area contributed by atoms with Gasteiger partial charge in [-0.2, -0.15) is 0 Å². The molecule has 3 aromatic carbocycles. The number of methoxy groups -OCH3 is 3. The maximum absolute atomic E-state index is 13.9. The molecular weight excluding hydrogens is 570 g/mol. The van der Waals surface area contributed by atoms with E-state index in [1.807, 2.05) is 50.2 Å². The number of carbonyl (C=O) groups excluding carboxylic acids is 2. The van der Waals surface area contributed by atoms with Gasteiger partial charge in [0.2, 0.25) is 5.75 Å². The number of nitrogens with zero attached hydrogens (tertiary/aromatic N) is 3. The van der Waals surface area contributed by atoms with Gasteiger partial charge in [-0.25, -0.2) is 4.79 Å². The van der Waals surface area contributed by atoms with Crippen LogP contribution in [0, 0.1) is 0 Å². The Hall–Kier alpha value is -3.95. The van der Waals surface area contributed by atoms with Crippen molar-refractivity contribution in [2.45, 2.75) is 25.9 Å². The topological polar surface area (TPSA) is 80.8 Å². The minimum absolute atomic E-state index is 0. The van der Waals surface area contributed by atoms with Crippen molar-refractivity contribution in [2.24, 2.45) is 0 Å². The highest BCUT2D eigenvalue weighted by atomic mass is 35.5. The zero-order valence-electron chi connectivity index (χ0n) is 25.5. The molecule has 1 aliphatic rings. The van der Waals surface area contributed by atoms with E-state index in [9.17, 15) is 9.59 Å². The van der Waals surface area contributed by atoms with Crippen LogP contribution in [0.2, 0.25) is 0 Å². The van der Waals surface area contributed by atoms with Crippen LogP contribution < -0.4 is 14.2 Å². The van der Waals surface area contributed by atoms with Crippen molar-refractivity contribution in [3.63, 3.8) is 0 Å². The van der Waals surface area contributed by atoms with Crippen LogP contribution in [0.15, 0.2) is 72.8 Å². The molecule has 2 amide bonds.